The first kappa shape index (κ1) is 15.3. The van der Waals surface area contributed by atoms with Crippen LogP contribution in [0.3, 0.4) is 0 Å². The number of ether oxygens (including phenoxy) is 1. The maximum Gasteiger partial charge on any atom is 0.0692 e. The molecule has 0 radical (unpaired) electrons. The molecule has 2 aliphatic rings. The zero-order valence-electron chi connectivity index (χ0n) is 13.3. The fourth-order valence-corrected chi connectivity index (χ4v) is 3.69. The minimum Gasteiger partial charge on any atom is -0.375 e. The number of hydrogen-bond acceptors (Lipinski definition) is 3. The second-order valence-electron chi connectivity index (χ2n) is 6.70. The summed E-state index contributed by atoms with van der Waals surface area (Å²) in [4.78, 5) is 2.72. The lowest BCUT2D eigenvalue weighted by molar-refractivity contribution is -0.114. The molecule has 0 aromatic heterocycles. The Morgan fingerprint density at radius 2 is 1.95 bits per heavy atom. The smallest absolute Gasteiger partial charge is 0.0692 e. The lowest BCUT2D eigenvalue weighted by atomic mass is 9.84. The lowest BCUT2D eigenvalue weighted by Gasteiger charge is -2.49. The van der Waals surface area contributed by atoms with Crippen molar-refractivity contribution in [1.29, 1.82) is 0 Å². The molecule has 2 saturated heterocycles. The van der Waals surface area contributed by atoms with Crippen LogP contribution < -0.4 is 5.32 Å². The topological polar surface area (TPSA) is 24.5 Å². The summed E-state index contributed by atoms with van der Waals surface area (Å²) in [6.07, 6.45) is 5.94. The van der Waals surface area contributed by atoms with Gasteiger partial charge >= 0.3 is 0 Å². The maximum atomic E-state index is 6.12. The monoisotopic (exact) mass is 268 g/mol. The van der Waals surface area contributed by atoms with Crippen LogP contribution in [0.4, 0.5) is 0 Å². The summed E-state index contributed by atoms with van der Waals surface area (Å²) in [7, 11) is 0. The van der Waals surface area contributed by atoms with Gasteiger partial charge in [0.15, 0.2) is 0 Å². The van der Waals surface area contributed by atoms with E-state index in [1.807, 2.05) is 0 Å². The number of rotatable bonds is 4. The first-order chi connectivity index (χ1) is 9.06. The highest BCUT2D eigenvalue weighted by Gasteiger charge is 2.39. The van der Waals surface area contributed by atoms with E-state index in [1.165, 1.54) is 32.4 Å². The zero-order chi connectivity index (χ0) is 13.9. The molecule has 2 fully saturated rings. The predicted octanol–water partition coefficient (Wildman–Crippen LogP) is 2.80. The van der Waals surface area contributed by atoms with E-state index in [2.05, 4.69) is 37.9 Å². The van der Waals surface area contributed by atoms with Crippen LogP contribution in [0.2, 0.25) is 0 Å². The third-order valence-electron chi connectivity index (χ3n) is 5.56. The first-order valence-corrected chi connectivity index (χ1v) is 8.19. The van der Waals surface area contributed by atoms with Crippen LogP contribution in [0, 0.1) is 0 Å². The Hall–Kier alpha value is -0.120. The SMILES string of the molecule is CCC1(C)CN(C2CCOC(CC)(CC)C2)CCN1. The molecule has 2 heterocycles. The summed E-state index contributed by atoms with van der Waals surface area (Å²) >= 11 is 0. The second kappa shape index (κ2) is 6.11. The third kappa shape index (κ3) is 3.32. The third-order valence-corrected chi connectivity index (χ3v) is 5.56. The van der Waals surface area contributed by atoms with Gasteiger partial charge in [0.2, 0.25) is 0 Å². The second-order valence-corrected chi connectivity index (χ2v) is 6.70. The molecule has 0 aromatic rings. The van der Waals surface area contributed by atoms with Crippen LogP contribution in [0.5, 0.6) is 0 Å². The summed E-state index contributed by atoms with van der Waals surface area (Å²) < 4.78 is 6.12. The Kier molecular flexibility index (Phi) is 4.91. The predicted molar refractivity (Wildman–Crippen MR) is 80.6 cm³/mol. The van der Waals surface area contributed by atoms with Crippen molar-refractivity contribution in [1.82, 2.24) is 10.2 Å². The summed E-state index contributed by atoms with van der Waals surface area (Å²) in [6.45, 7) is 13.7. The van der Waals surface area contributed by atoms with E-state index in [0.29, 0.717) is 5.54 Å². The Bertz CT molecular complexity index is 290. The number of nitrogens with zero attached hydrogens (tertiary/aromatic N) is 1. The molecule has 1 N–H and O–H groups in total. The van der Waals surface area contributed by atoms with Gasteiger partial charge in [-0.1, -0.05) is 20.8 Å². The van der Waals surface area contributed by atoms with E-state index in [4.69, 9.17) is 4.74 Å². The van der Waals surface area contributed by atoms with Crippen molar-refractivity contribution >= 4 is 0 Å². The molecule has 0 amide bonds. The van der Waals surface area contributed by atoms with E-state index in [0.717, 1.165) is 32.0 Å². The molecular weight excluding hydrogens is 236 g/mol. The molecule has 0 aromatic carbocycles. The molecule has 0 spiro atoms. The van der Waals surface area contributed by atoms with Crippen molar-refractivity contribution in [3.05, 3.63) is 0 Å². The van der Waals surface area contributed by atoms with Crippen molar-refractivity contribution in [3.8, 4) is 0 Å². The molecule has 0 aliphatic carbocycles. The summed E-state index contributed by atoms with van der Waals surface area (Å²) in [5.41, 5.74) is 0.452. The summed E-state index contributed by atoms with van der Waals surface area (Å²) in [5, 5.41) is 3.69. The number of hydrogen-bond donors (Lipinski definition) is 1. The molecule has 0 bridgehead atoms. The first-order valence-electron chi connectivity index (χ1n) is 8.19. The standard InChI is InChI=1S/C16H32N2O/c1-5-15(4)13-18(10-9-17-15)14-8-11-19-16(6-2,7-3)12-14/h14,17H,5-13H2,1-4H3. The van der Waals surface area contributed by atoms with Gasteiger partial charge in [-0.3, -0.25) is 4.90 Å². The molecule has 2 atom stereocenters. The van der Waals surface area contributed by atoms with Crippen LogP contribution in [-0.2, 0) is 4.74 Å². The Morgan fingerprint density at radius 3 is 2.58 bits per heavy atom. The molecule has 3 nitrogen and oxygen atoms in total. The zero-order valence-corrected chi connectivity index (χ0v) is 13.3. The van der Waals surface area contributed by atoms with Gasteiger partial charge in [0.1, 0.15) is 0 Å². The Balaban J connectivity index is 2.01. The van der Waals surface area contributed by atoms with E-state index in [9.17, 15) is 0 Å². The molecule has 19 heavy (non-hydrogen) atoms. The maximum absolute atomic E-state index is 6.12. The van der Waals surface area contributed by atoms with Gasteiger partial charge in [0, 0.05) is 37.8 Å². The van der Waals surface area contributed by atoms with Crippen LogP contribution in [-0.4, -0.2) is 48.3 Å². The van der Waals surface area contributed by atoms with Crippen molar-refractivity contribution in [2.24, 2.45) is 0 Å². The van der Waals surface area contributed by atoms with Crippen LogP contribution in [0.25, 0.3) is 0 Å². The molecule has 2 rings (SSSR count). The van der Waals surface area contributed by atoms with Crippen LogP contribution in [0.15, 0.2) is 0 Å². The van der Waals surface area contributed by atoms with Crippen LogP contribution >= 0.6 is 0 Å². The molecular formula is C16H32N2O. The molecule has 112 valence electrons. The van der Waals surface area contributed by atoms with E-state index >= 15 is 0 Å². The highest BCUT2D eigenvalue weighted by Crippen LogP contribution is 2.34. The molecule has 2 unspecified atom stereocenters. The largest absolute Gasteiger partial charge is 0.375 e. The number of piperazine rings is 1. The minimum absolute atomic E-state index is 0.149. The fourth-order valence-electron chi connectivity index (χ4n) is 3.69. The van der Waals surface area contributed by atoms with Crippen molar-refractivity contribution in [2.75, 3.05) is 26.2 Å². The highest BCUT2D eigenvalue weighted by molar-refractivity contribution is 4.96. The number of nitrogens with one attached hydrogen (secondary N) is 1. The van der Waals surface area contributed by atoms with Crippen molar-refractivity contribution in [2.45, 2.75) is 77.0 Å². The van der Waals surface area contributed by atoms with Gasteiger partial charge in [0.05, 0.1) is 5.60 Å². The fraction of sp³-hybridized carbons (Fsp3) is 1.00. The van der Waals surface area contributed by atoms with E-state index < -0.39 is 0 Å². The Labute approximate surface area is 119 Å². The van der Waals surface area contributed by atoms with Gasteiger partial charge in [-0.15, -0.1) is 0 Å². The molecule has 0 saturated carbocycles. The Morgan fingerprint density at radius 1 is 1.21 bits per heavy atom. The van der Waals surface area contributed by atoms with Crippen molar-refractivity contribution in [3.63, 3.8) is 0 Å². The van der Waals surface area contributed by atoms with E-state index in [-0.39, 0.29) is 5.60 Å². The van der Waals surface area contributed by atoms with Gasteiger partial charge in [0.25, 0.3) is 0 Å². The average molecular weight is 268 g/mol. The normalized spacial score (nSPS) is 36.3. The summed E-state index contributed by atoms with van der Waals surface area (Å²) in [6, 6.07) is 0.724. The summed E-state index contributed by atoms with van der Waals surface area (Å²) in [5.74, 6) is 0. The lowest BCUT2D eigenvalue weighted by Crippen LogP contribution is -2.62. The average Bonchev–Trinajstić information content (AvgIpc) is 2.47. The van der Waals surface area contributed by atoms with Gasteiger partial charge in [-0.25, -0.2) is 0 Å². The quantitative estimate of drug-likeness (QED) is 0.848. The van der Waals surface area contributed by atoms with Gasteiger partial charge in [-0.05, 0) is 39.0 Å². The van der Waals surface area contributed by atoms with Crippen LogP contribution in [0.1, 0.15) is 59.8 Å². The minimum atomic E-state index is 0.149. The van der Waals surface area contributed by atoms with E-state index in [1.54, 1.807) is 0 Å². The van der Waals surface area contributed by atoms with Crippen molar-refractivity contribution < 1.29 is 4.74 Å². The van der Waals surface area contributed by atoms with Gasteiger partial charge < -0.3 is 10.1 Å². The van der Waals surface area contributed by atoms with Gasteiger partial charge in [-0.2, -0.15) is 0 Å². The molecule has 2 aliphatic heterocycles. The highest BCUT2D eigenvalue weighted by atomic mass is 16.5. The molecule has 3 heteroatoms.